The molecule has 1 aromatic carbocycles. The second kappa shape index (κ2) is 7.99. The predicted molar refractivity (Wildman–Crippen MR) is 82.1 cm³/mol. The lowest BCUT2D eigenvalue weighted by atomic mass is 10.1. The van der Waals surface area contributed by atoms with Crippen molar-refractivity contribution < 1.29 is 9.84 Å². The van der Waals surface area contributed by atoms with E-state index in [9.17, 15) is 5.11 Å². The van der Waals surface area contributed by atoms with Gasteiger partial charge in [-0.1, -0.05) is 36.6 Å². The van der Waals surface area contributed by atoms with Crippen molar-refractivity contribution in [2.24, 2.45) is 0 Å². The fourth-order valence-corrected chi connectivity index (χ4v) is 2.77. The third-order valence-corrected chi connectivity index (χ3v) is 4.07. The summed E-state index contributed by atoms with van der Waals surface area (Å²) in [6, 6.07) is 7.94. The number of nitrogens with one attached hydrogen (secondary N) is 1. The van der Waals surface area contributed by atoms with Gasteiger partial charge in [0.1, 0.15) is 0 Å². The Morgan fingerprint density at radius 2 is 2.15 bits per heavy atom. The average Bonchev–Trinajstić information content (AvgIpc) is 2.95. The molecule has 0 heterocycles. The molecule has 3 nitrogen and oxygen atoms in total. The maximum atomic E-state index is 9.95. The molecule has 1 aliphatic carbocycles. The van der Waals surface area contributed by atoms with Crippen LogP contribution < -0.4 is 5.32 Å². The van der Waals surface area contributed by atoms with Crippen molar-refractivity contribution in [2.75, 3.05) is 13.2 Å². The molecule has 112 valence electrons. The minimum absolute atomic E-state index is 0.162. The van der Waals surface area contributed by atoms with Crippen molar-refractivity contribution >= 4 is 11.6 Å². The summed E-state index contributed by atoms with van der Waals surface area (Å²) in [5.41, 5.74) is 1.13. The Morgan fingerprint density at radius 1 is 1.40 bits per heavy atom. The van der Waals surface area contributed by atoms with Crippen molar-refractivity contribution in [3.05, 3.63) is 34.9 Å². The van der Waals surface area contributed by atoms with E-state index in [1.54, 1.807) is 0 Å². The van der Waals surface area contributed by atoms with Crippen LogP contribution in [-0.4, -0.2) is 30.5 Å². The minimum atomic E-state index is -0.461. The van der Waals surface area contributed by atoms with Crippen LogP contribution in [-0.2, 0) is 4.74 Å². The molecule has 1 aromatic rings. The lowest BCUT2D eigenvalue weighted by Crippen LogP contribution is -2.33. The molecule has 4 heteroatoms. The van der Waals surface area contributed by atoms with Gasteiger partial charge in [-0.15, -0.1) is 0 Å². The SMILES string of the molecule is CC(NCC(O)COC1CCCC1)c1cccc(Cl)c1. The molecule has 0 amide bonds. The fraction of sp³-hybridized carbons (Fsp3) is 0.625. The lowest BCUT2D eigenvalue weighted by molar-refractivity contribution is -0.00610. The standard InChI is InChI=1S/C16H24ClNO2/c1-12(13-5-4-6-14(17)9-13)18-10-15(19)11-20-16-7-2-3-8-16/h4-6,9,12,15-16,18-19H,2-3,7-8,10-11H2,1H3. The topological polar surface area (TPSA) is 41.5 Å². The third kappa shape index (κ3) is 5.06. The van der Waals surface area contributed by atoms with Crippen molar-refractivity contribution in [3.8, 4) is 0 Å². The lowest BCUT2D eigenvalue weighted by Gasteiger charge is -2.19. The molecule has 0 aliphatic heterocycles. The van der Waals surface area contributed by atoms with Gasteiger partial charge in [-0.2, -0.15) is 0 Å². The van der Waals surface area contributed by atoms with E-state index in [4.69, 9.17) is 16.3 Å². The Bertz CT molecular complexity index is 407. The average molecular weight is 298 g/mol. The van der Waals surface area contributed by atoms with Gasteiger partial charge in [0, 0.05) is 17.6 Å². The molecule has 0 bridgehead atoms. The highest BCUT2D eigenvalue weighted by Gasteiger charge is 2.17. The maximum Gasteiger partial charge on any atom is 0.0898 e. The van der Waals surface area contributed by atoms with Gasteiger partial charge in [0.05, 0.1) is 18.8 Å². The van der Waals surface area contributed by atoms with E-state index in [1.165, 1.54) is 12.8 Å². The minimum Gasteiger partial charge on any atom is -0.389 e. The van der Waals surface area contributed by atoms with Gasteiger partial charge in [-0.05, 0) is 37.5 Å². The van der Waals surface area contributed by atoms with E-state index < -0.39 is 6.10 Å². The van der Waals surface area contributed by atoms with Gasteiger partial charge in [0.25, 0.3) is 0 Å². The molecule has 0 saturated heterocycles. The first-order valence-corrected chi connectivity index (χ1v) is 7.81. The van der Waals surface area contributed by atoms with E-state index in [-0.39, 0.29) is 6.04 Å². The second-order valence-corrected chi connectivity index (χ2v) is 6.01. The van der Waals surface area contributed by atoms with Gasteiger partial charge >= 0.3 is 0 Å². The zero-order valence-electron chi connectivity index (χ0n) is 12.0. The van der Waals surface area contributed by atoms with Crippen LogP contribution in [0.3, 0.4) is 0 Å². The van der Waals surface area contributed by atoms with Crippen molar-refractivity contribution in [1.82, 2.24) is 5.32 Å². The van der Waals surface area contributed by atoms with Gasteiger partial charge in [-0.3, -0.25) is 0 Å². The first kappa shape index (κ1) is 15.8. The van der Waals surface area contributed by atoms with Crippen LogP contribution >= 0.6 is 11.6 Å². The van der Waals surface area contributed by atoms with Crippen molar-refractivity contribution in [1.29, 1.82) is 0 Å². The normalized spacial score (nSPS) is 19.1. The molecule has 0 aromatic heterocycles. The summed E-state index contributed by atoms with van der Waals surface area (Å²) in [6.07, 6.45) is 4.68. The monoisotopic (exact) mass is 297 g/mol. The van der Waals surface area contributed by atoms with Crippen LogP contribution in [0.5, 0.6) is 0 Å². The second-order valence-electron chi connectivity index (χ2n) is 5.58. The first-order valence-electron chi connectivity index (χ1n) is 7.43. The molecule has 1 saturated carbocycles. The Hall–Kier alpha value is -0.610. The summed E-state index contributed by atoms with van der Waals surface area (Å²) in [7, 11) is 0. The smallest absolute Gasteiger partial charge is 0.0898 e. The highest BCUT2D eigenvalue weighted by Crippen LogP contribution is 2.21. The quantitative estimate of drug-likeness (QED) is 0.811. The molecular weight excluding hydrogens is 274 g/mol. The van der Waals surface area contributed by atoms with Crippen LogP contribution in [0, 0.1) is 0 Å². The maximum absolute atomic E-state index is 9.95. The zero-order chi connectivity index (χ0) is 14.4. The summed E-state index contributed by atoms with van der Waals surface area (Å²) in [5.74, 6) is 0. The highest BCUT2D eigenvalue weighted by atomic mass is 35.5. The van der Waals surface area contributed by atoms with Gasteiger partial charge in [-0.25, -0.2) is 0 Å². The number of halogens is 1. The summed E-state index contributed by atoms with van der Waals surface area (Å²) < 4.78 is 5.71. The molecule has 20 heavy (non-hydrogen) atoms. The van der Waals surface area contributed by atoms with Crippen LogP contribution in [0.4, 0.5) is 0 Å². The van der Waals surface area contributed by atoms with E-state index in [2.05, 4.69) is 12.2 Å². The van der Waals surface area contributed by atoms with Gasteiger partial charge in [0.15, 0.2) is 0 Å². The first-order chi connectivity index (χ1) is 9.65. The number of aliphatic hydroxyl groups is 1. The van der Waals surface area contributed by atoms with Gasteiger partial charge < -0.3 is 15.2 Å². The summed E-state index contributed by atoms with van der Waals surface area (Å²) >= 11 is 5.98. The Kier molecular flexibility index (Phi) is 6.30. The van der Waals surface area contributed by atoms with Crippen LogP contribution in [0.25, 0.3) is 0 Å². The van der Waals surface area contributed by atoms with E-state index >= 15 is 0 Å². The fourth-order valence-electron chi connectivity index (χ4n) is 2.57. The molecular formula is C16H24ClNO2. The zero-order valence-corrected chi connectivity index (χ0v) is 12.8. The number of benzene rings is 1. The number of ether oxygens (including phenoxy) is 1. The molecule has 2 N–H and O–H groups in total. The van der Waals surface area contributed by atoms with Crippen LogP contribution in [0.1, 0.15) is 44.2 Å². The predicted octanol–water partition coefficient (Wildman–Crippen LogP) is 3.31. The summed E-state index contributed by atoms with van der Waals surface area (Å²) in [4.78, 5) is 0. The van der Waals surface area contributed by atoms with E-state index in [1.807, 2.05) is 24.3 Å². The summed E-state index contributed by atoms with van der Waals surface area (Å²) in [5, 5.41) is 14.0. The number of hydrogen-bond donors (Lipinski definition) is 2. The number of hydrogen-bond acceptors (Lipinski definition) is 3. The Labute approximate surface area is 126 Å². The van der Waals surface area contributed by atoms with E-state index in [0.717, 1.165) is 23.4 Å². The Balaban J connectivity index is 1.68. The van der Waals surface area contributed by atoms with Crippen molar-refractivity contribution in [3.63, 3.8) is 0 Å². The third-order valence-electron chi connectivity index (χ3n) is 3.83. The largest absolute Gasteiger partial charge is 0.389 e. The molecule has 2 rings (SSSR count). The number of rotatable bonds is 7. The van der Waals surface area contributed by atoms with E-state index in [0.29, 0.717) is 19.3 Å². The molecule has 1 fully saturated rings. The summed E-state index contributed by atoms with van der Waals surface area (Å²) in [6.45, 7) is 3.01. The molecule has 2 atom stereocenters. The van der Waals surface area contributed by atoms with Crippen molar-refractivity contribution in [2.45, 2.75) is 50.9 Å². The number of aliphatic hydroxyl groups excluding tert-OH is 1. The molecule has 2 unspecified atom stereocenters. The highest BCUT2D eigenvalue weighted by molar-refractivity contribution is 6.30. The molecule has 0 spiro atoms. The van der Waals surface area contributed by atoms with Gasteiger partial charge in [0.2, 0.25) is 0 Å². The molecule has 1 aliphatic rings. The molecule has 0 radical (unpaired) electrons. The van der Waals surface area contributed by atoms with Crippen LogP contribution in [0.15, 0.2) is 24.3 Å². The van der Waals surface area contributed by atoms with Crippen LogP contribution in [0.2, 0.25) is 5.02 Å². The Morgan fingerprint density at radius 3 is 2.85 bits per heavy atom.